The standard InChI is InChI=1S/C25H32BrN3O3/c1-16-13-18(6-7-20(16)26)27-24(30)28-19-9-10-25(11-12-29(2)23(25)15-19)17-5-8-21(31-3)22(14-17)32-4/h5-8,13-14,19,23H,9-12,15H2,1-4H3,(H2,27,28,30)/t19-,23+,25+/m1/s1. The number of benzene rings is 2. The van der Waals surface area contributed by atoms with E-state index in [-0.39, 0.29) is 17.5 Å². The van der Waals surface area contributed by atoms with Crippen molar-refractivity contribution >= 4 is 27.6 Å². The van der Waals surface area contributed by atoms with Crippen LogP contribution in [0.25, 0.3) is 0 Å². The normalized spacial score (nSPS) is 25.2. The fraction of sp³-hybridized carbons (Fsp3) is 0.480. The van der Waals surface area contributed by atoms with E-state index in [0.717, 1.165) is 59.5 Å². The zero-order valence-electron chi connectivity index (χ0n) is 19.2. The number of urea groups is 1. The second-order valence-corrected chi connectivity index (χ2v) is 9.86. The lowest BCUT2D eigenvalue weighted by Crippen LogP contribution is -2.52. The van der Waals surface area contributed by atoms with E-state index >= 15 is 0 Å². The van der Waals surface area contributed by atoms with Crippen LogP contribution in [0, 0.1) is 6.92 Å². The van der Waals surface area contributed by atoms with Gasteiger partial charge in [0.05, 0.1) is 14.2 Å². The van der Waals surface area contributed by atoms with E-state index in [0.29, 0.717) is 6.04 Å². The number of ether oxygens (including phenoxy) is 2. The van der Waals surface area contributed by atoms with Crippen molar-refractivity contribution in [1.82, 2.24) is 10.2 Å². The zero-order valence-corrected chi connectivity index (χ0v) is 20.8. The lowest BCUT2D eigenvalue weighted by molar-refractivity contribution is 0.156. The van der Waals surface area contributed by atoms with E-state index in [1.165, 1.54) is 5.56 Å². The number of halogens is 1. The minimum absolute atomic E-state index is 0.0752. The number of aryl methyl sites for hydroxylation is 1. The molecule has 2 N–H and O–H groups in total. The molecule has 1 aliphatic heterocycles. The number of anilines is 1. The summed E-state index contributed by atoms with van der Waals surface area (Å²) in [4.78, 5) is 15.1. The molecular weight excluding hydrogens is 470 g/mol. The first-order valence-corrected chi connectivity index (χ1v) is 11.9. The van der Waals surface area contributed by atoms with Crippen LogP contribution in [0.3, 0.4) is 0 Å². The predicted molar refractivity (Wildman–Crippen MR) is 131 cm³/mol. The minimum atomic E-state index is -0.143. The van der Waals surface area contributed by atoms with Crippen LogP contribution in [0.2, 0.25) is 0 Å². The van der Waals surface area contributed by atoms with E-state index in [1.54, 1.807) is 14.2 Å². The fourth-order valence-electron chi connectivity index (χ4n) is 5.47. The number of nitrogens with zero attached hydrogens (tertiary/aromatic N) is 1. The van der Waals surface area contributed by atoms with Crippen molar-refractivity contribution < 1.29 is 14.3 Å². The first-order valence-electron chi connectivity index (χ1n) is 11.1. The van der Waals surface area contributed by atoms with Crippen LogP contribution in [0.5, 0.6) is 11.5 Å². The highest BCUT2D eigenvalue weighted by Crippen LogP contribution is 2.49. The smallest absolute Gasteiger partial charge is 0.319 e. The number of hydrogen-bond acceptors (Lipinski definition) is 4. The van der Waals surface area contributed by atoms with Crippen LogP contribution in [-0.4, -0.2) is 50.8 Å². The van der Waals surface area contributed by atoms with Gasteiger partial charge in [0.15, 0.2) is 11.5 Å². The Kier molecular flexibility index (Phi) is 6.67. The van der Waals surface area contributed by atoms with Crippen LogP contribution in [0.15, 0.2) is 40.9 Å². The monoisotopic (exact) mass is 501 g/mol. The quantitative estimate of drug-likeness (QED) is 0.598. The van der Waals surface area contributed by atoms with Gasteiger partial charge in [-0.3, -0.25) is 0 Å². The Morgan fingerprint density at radius 3 is 2.62 bits per heavy atom. The van der Waals surface area contributed by atoms with Gasteiger partial charge in [0, 0.05) is 27.7 Å². The van der Waals surface area contributed by atoms with Gasteiger partial charge in [0.2, 0.25) is 0 Å². The van der Waals surface area contributed by atoms with E-state index in [1.807, 2.05) is 31.2 Å². The van der Waals surface area contributed by atoms with Crippen LogP contribution in [-0.2, 0) is 5.41 Å². The van der Waals surface area contributed by atoms with E-state index in [9.17, 15) is 4.79 Å². The van der Waals surface area contributed by atoms with Crippen LogP contribution in [0.1, 0.15) is 36.8 Å². The number of likely N-dealkylation sites (tertiary alicyclic amines) is 1. The van der Waals surface area contributed by atoms with Gasteiger partial charge >= 0.3 is 6.03 Å². The largest absolute Gasteiger partial charge is 0.493 e. The molecule has 0 spiro atoms. The van der Waals surface area contributed by atoms with Crippen molar-refractivity contribution in [2.75, 3.05) is 33.1 Å². The molecule has 6 nitrogen and oxygen atoms in total. The molecule has 1 saturated carbocycles. The molecule has 2 aromatic rings. The third kappa shape index (κ3) is 4.33. The highest BCUT2D eigenvalue weighted by molar-refractivity contribution is 9.10. The molecule has 2 amide bonds. The van der Waals surface area contributed by atoms with Gasteiger partial charge in [-0.05, 0) is 87.7 Å². The molecule has 1 saturated heterocycles. The second kappa shape index (κ2) is 9.32. The molecule has 0 aromatic heterocycles. The molecule has 2 aliphatic rings. The Bertz CT molecular complexity index is 998. The van der Waals surface area contributed by atoms with Crippen molar-refractivity contribution in [3.8, 4) is 11.5 Å². The summed E-state index contributed by atoms with van der Waals surface area (Å²) in [5.74, 6) is 1.53. The third-order valence-electron chi connectivity index (χ3n) is 7.24. The van der Waals surface area contributed by atoms with E-state index < -0.39 is 0 Å². The number of nitrogens with one attached hydrogen (secondary N) is 2. The summed E-state index contributed by atoms with van der Waals surface area (Å²) in [5.41, 5.74) is 3.27. The van der Waals surface area contributed by atoms with Crippen molar-refractivity contribution in [1.29, 1.82) is 0 Å². The van der Waals surface area contributed by atoms with E-state index in [2.05, 4.69) is 50.6 Å². The maximum Gasteiger partial charge on any atom is 0.319 e. The SMILES string of the molecule is COc1ccc([C@@]23CC[C@@H](NC(=O)Nc4ccc(Br)c(C)c4)C[C@@H]2N(C)CC3)cc1OC. The molecule has 2 fully saturated rings. The molecule has 7 heteroatoms. The summed E-state index contributed by atoms with van der Waals surface area (Å²) < 4.78 is 12.1. The van der Waals surface area contributed by atoms with Gasteiger partial charge in [0.1, 0.15) is 0 Å². The first-order chi connectivity index (χ1) is 15.4. The number of carbonyl (C=O) groups excluding carboxylic acids is 1. The van der Waals surface area contributed by atoms with E-state index in [4.69, 9.17) is 9.47 Å². The predicted octanol–water partition coefficient (Wildman–Crippen LogP) is 5.09. The molecule has 0 bridgehead atoms. The number of amides is 2. The first kappa shape index (κ1) is 22.9. The molecule has 32 heavy (non-hydrogen) atoms. The Balaban J connectivity index is 1.47. The van der Waals surface area contributed by atoms with Crippen LogP contribution >= 0.6 is 15.9 Å². The fourth-order valence-corrected chi connectivity index (χ4v) is 5.72. The Morgan fingerprint density at radius 2 is 1.91 bits per heavy atom. The summed E-state index contributed by atoms with van der Waals surface area (Å²) in [6, 6.07) is 12.5. The second-order valence-electron chi connectivity index (χ2n) is 9.01. The number of methoxy groups -OCH3 is 2. The topological polar surface area (TPSA) is 62.8 Å². The highest BCUT2D eigenvalue weighted by atomic mass is 79.9. The molecule has 1 heterocycles. The molecule has 4 rings (SSSR count). The summed E-state index contributed by atoms with van der Waals surface area (Å²) in [7, 11) is 5.55. The molecule has 3 atom stereocenters. The number of carbonyl (C=O) groups is 1. The third-order valence-corrected chi connectivity index (χ3v) is 8.13. The Hall–Kier alpha value is -2.25. The van der Waals surface area contributed by atoms with Gasteiger partial charge in [-0.2, -0.15) is 0 Å². The van der Waals surface area contributed by atoms with Gasteiger partial charge in [-0.25, -0.2) is 4.79 Å². The summed E-state index contributed by atoms with van der Waals surface area (Å²) in [5, 5.41) is 6.19. The Morgan fingerprint density at radius 1 is 1.12 bits per heavy atom. The molecule has 1 aliphatic carbocycles. The lowest BCUT2D eigenvalue weighted by Gasteiger charge is -2.45. The summed E-state index contributed by atoms with van der Waals surface area (Å²) in [6.07, 6.45) is 4.02. The van der Waals surface area contributed by atoms with Crippen molar-refractivity contribution in [3.63, 3.8) is 0 Å². The molecular formula is C25H32BrN3O3. The summed E-state index contributed by atoms with van der Waals surface area (Å²) >= 11 is 3.50. The van der Waals surface area contributed by atoms with Gasteiger partial charge in [0.25, 0.3) is 0 Å². The van der Waals surface area contributed by atoms with Crippen molar-refractivity contribution in [2.45, 2.75) is 50.1 Å². The maximum absolute atomic E-state index is 12.7. The number of hydrogen-bond donors (Lipinski definition) is 2. The number of fused-ring (bicyclic) bond motifs is 1. The average molecular weight is 502 g/mol. The Labute approximate surface area is 198 Å². The minimum Gasteiger partial charge on any atom is -0.493 e. The highest BCUT2D eigenvalue weighted by Gasteiger charge is 2.50. The zero-order chi connectivity index (χ0) is 22.9. The molecule has 2 aromatic carbocycles. The lowest BCUT2D eigenvalue weighted by atomic mass is 9.65. The molecule has 172 valence electrons. The average Bonchev–Trinajstić information content (AvgIpc) is 3.13. The molecule has 0 unspecified atom stereocenters. The van der Waals surface area contributed by atoms with Crippen molar-refractivity contribution in [2.24, 2.45) is 0 Å². The van der Waals surface area contributed by atoms with Crippen molar-refractivity contribution in [3.05, 3.63) is 52.0 Å². The molecule has 0 radical (unpaired) electrons. The number of likely N-dealkylation sites (N-methyl/N-ethyl adjacent to an activating group) is 1. The van der Waals surface area contributed by atoms with Crippen LogP contribution < -0.4 is 20.1 Å². The number of rotatable bonds is 5. The maximum atomic E-state index is 12.7. The van der Waals surface area contributed by atoms with Gasteiger partial charge < -0.3 is 25.0 Å². The van der Waals surface area contributed by atoms with Crippen LogP contribution in [0.4, 0.5) is 10.5 Å². The van der Waals surface area contributed by atoms with Gasteiger partial charge in [-0.1, -0.05) is 22.0 Å². The van der Waals surface area contributed by atoms with Gasteiger partial charge in [-0.15, -0.1) is 0 Å². The summed E-state index contributed by atoms with van der Waals surface area (Å²) in [6.45, 7) is 3.06.